The Hall–Kier alpha value is -1.58. The monoisotopic (exact) mass is 759 g/mol. The van der Waals surface area contributed by atoms with Gasteiger partial charge in [-0.15, -0.1) is 22.7 Å². The summed E-state index contributed by atoms with van der Waals surface area (Å²) in [4.78, 5) is 32.9. The molecule has 2 aromatic heterocycles. The molecule has 15 heteroatoms. The number of hydrogen-bond donors (Lipinski definition) is 3. The number of alkyl carbamates (subject to hydrolysis) is 2. The van der Waals surface area contributed by atoms with E-state index < -0.39 is 7.15 Å². The molecule has 0 aliphatic heterocycles. The second-order valence-electron chi connectivity index (χ2n) is 13.2. The minimum absolute atomic E-state index is 0.118. The number of rotatable bonds is 6. The Morgan fingerprint density at radius 1 is 0.913 bits per heavy atom. The maximum atomic E-state index is 11.9. The van der Waals surface area contributed by atoms with E-state index in [9.17, 15) is 14.0 Å². The molecule has 1 radical (unpaired) electrons. The first-order valence-electron chi connectivity index (χ1n) is 16.4. The van der Waals surface area contributed by atoms with Crippen LogP contribution in [0.3, 0.4) is 0 Å². The molecule has 0 saturated heterocycles. The topological polar surface area (TPSA) is 115 Å². The molecule has 6 aliphatic rings. The van der Waals surface area contributed by atoms with Crippen LogP contribution in [-0.2, 0) is 20.3 Å². The Bertz CT molecular complexity index is 1260. The van der Waals surface area contributed by atoms with Gasteiger partial charge in [0.05, 0.1) is 28.5 Å². The molecule has 2 N–H and O–H groups in total. The Morgan fingerprint density at radius 3 is 1.61 bits per heavy atom. The van der Waals surface area contributed by atoms with Crippen LogP contribution in [0.4, 0.5) is 14.0 Å². The summed E-state index contributed by atoms with van der Waals surface area (Å²) in [6.07, 6.45) is 15.5. The number of carbonyl (C=O) groups is 2. The van der Waals surface area contributed by atoms with Gasteiger partial charge < -0.3 is 20.1 Å². The number of aromatic nitrogens is 2. The van der Waals surface area contributed by atoms with E-state index >= 15 is 0 Å². The van der Waals surface area contributed by atoms with E-state index in [4.69, 9.17) is 10.8 Å². The fraction of sp³-hybridized carbons (Fsp3) is 0.742. The second-order valence-corrected chi connectivity index (χ2v) is 16.8. The van der Waals surface area contributed by atoms with E-state index in [1.165, 1.54) is 10.0 Å². The van der Waals surface area contributed by atoms with Crippen LogP contribution < -0.4 is 10.6 Å². The molecule has 9 nitrogen and oxygen atoms in total. The summed E-state index contributed by atoms with van der Waals surface area (Å²) in [6, 6.07) is 0.244. The SMILES string of the molecule is CC(C)NC(=O)OC12CCC(c3ncc(Br)s3)(CC1)CC2.CC(C)NC(=O)OC12CCC(c3nccs3)(CC1)CC2.[2H]CF.[B]=NS. The molecule has 0 spiro atoms. The van der Waals surface area contributed by atoms with Crippen molar-refractivity contribution in [3.8, 4) is 0 Å². The van der Waals surface area contributed by atoms with Gasteiger partial charge in [-0.3, -0.25) is 4.39 Å². The summed E-state index contributed by atoms with van der Waals surface area (Å²) in [5, 5.41) is 10.2. The van der Waals surface area contributed by atoms with Crippen LogP contribution in [0, 0.1) is 0 Å². The van der Waals surface area contributed by atoms with Crippen LogP contribution in [0.1, 0.15) is 116 Å². The Labute approximate surface area is 297 Å². The molecule has 2 aromatic rings. The normalized spacial score (nSPS) is 29.1. The van der Waals surface area contributed by atoms with E-state index in [1.807, 2.05) is 40.1 Å². The molecule has 2 amide bonds. The van der Waals surface area contributed by atoms with Crippen LogP contribution in [0.15, 0.2) is 25.9 Å². The third-order valence-electron chi connectivity index (χ3n) is 9.60. The third-order valence-corrected chi connectivity index (χ3v) is 12.3. The number of carbonyl (C=O) groups excluding carboxylic acids is 2. The molecular formula is C31H47BBrFN5O4S3. The molecule has 8 rings (SSSR count). The van der Waals surface area contributed by atoms with E-state index in [2.05, 4.69) is 66.7 Å². The number of nitrogens with zero attached hydrogens (tertiary/aromatic N) is 3. The van der Waals surface area contributed by atoms with Gasteiger partial charge in [-0.05, 0) is 121 Å². The van der Waals surface area contributed by atoms with Crippen molar-refractivity contribution in [2.45, 2.75) is 139 Å². The average Bonchev–Trinajstić information content (AvgIpc) is 3.72. The molecule has 255 valence electrons. The Balaban J connectivity index is 0.000000219. The fourth-order valence-electron chi connectivity index (χ4n) is 7.16. The first-order valence-corrected chi connectivity index (χ1v) is 18.6. The van der Waals surface area contributed by atoms with E-state index in [0.29, 0.717) is 0 Å². The number of thiol groups is 1. The van der Waals surface area contributed by atoms with Crippen molar-refractivity contribution >= 4 is 71.2 Å². The summed E-state index contributed by atoms with van der Waals surface area (Å²) in [5.41, 5.74) is 0.0112. The number of alkyl halides is 1. The number of halogens is 2. The predicted molar refractivity (Wildman–Crippen MR) is 190 cm³/mol. The number of hydrogen-bond acceptors (Lipinski definition) is 10. The summed E-state index contributed by atoms with van der Waals surface area (Å²) in [7, 11) is 3.34. The Morgan fingerprint density at radius 2 is 1.30 bits per heavy atom. The van der Waals surface area contributed by atoms with E-state index in [1.54, 1.807) is 22.7 Å². The number of thiazole rings is 2. The molecule has 6 saturated carbocycles. The number of nitrogens with one attached hydrogen (secondary N) is 2. The summed E-state index contributed by atoms with van der Waals surface area (Å²) < 4.78 is 30.9. The molecule has 6 fully saturated rings. The summed E-state index contributed by atoms with van der Waals surface area (Å²) >= 11 is 10.2. The number of fused-ring (bicyclic) bond motifs is 6. The van der Waals surface area contributed by atoms with E-state index in [-0.39, 0.29) is 46.3 Å². The predicted octanol–water partition coefficient (Wildman–Crippen LogP) is 8.78. The molecule has 4 bridgehead atoms. The van der Waals surface area contributed by atoms with Gasteiger partial charge in [0.15, 0.2) is 0 Å². The van der Waals surface area contributed by atoms with Gasteiger partial charge >= 0.3 is 36.9 Å². The second kappa shape index (κ2) is 17.2. The van der Waals surface area contributed by atoms with Gasteiger partial charge in [0.1, 0.15) is 11.2 Å². The van der Waals surface area contributed by atoms with Crippen molar-refractivity contribution in [2.24, 2.45) is 4.30 Å². The summed E-state index contributed by atoms with van der Waals surface area (Å²) in [5.74, 6) is 0. The molecule has 6 aliphatic carbocycles. The van der Waals surface area contributed by atoms with Crippen LogP contribution in [0.2, 0.25) is 0 Å². The maximum absolute atomic E-state index is 11.9. The molecule has 2 heterocycles. The molecule has 0 atom stereocenters. The minimum atomic E-state index is -1.00. The molecular weight excluding hydrogens is 712 g/mol. The van der Waals surface area contributed by atoms with Crippen LogP contribution in [-0.4, -0.2) is 60.2 Å². The summed E-state index contributed by atoms with van der Waals surface area (Å²) in [6.45, 7) is 7.81. The van der Waals surface area contributed by atoms with E-state index in [0.717, 1.165) is 80.8 Å². The fourth-order valence-corrected chi connectivity index (χ4v) is 9.57. The van der Waals surface area contributed by atoms with Gasteiger partial charge in [-0.2, -0.15) is 0 Å². The molecule has 0 aromatic carbocycles. The van der Waals surface area contributed by atoms with Gasteiger partial charge in [0.2, 0.25) is 0 Å². The quantitative estimate of drug-likeness (QED) is 0.201. The van der Waals surface area contributed by atoms with Crippen molar-refractivity contribution in [2.75, 3.05) is 7.15 Å². The zero-order chi connectivity index (χ0) is 34.7. The van der Waals surface area contributed by atoms with Crippen molar-refractivity contribution in [3.05, 3.63) is 31.6 Å². The zero-order valence-corrected chi connectivity index (χ0v) is 31.3. The third kappa shape index (κ3) is 9.75. The standard InChI is InChI=1S/C15H21BrN2O2S.C15H22N2O2S.CH3F.BHNS/c1-10(2)18-13(19)20-15-6-3-14(4-7-15,5-8-15)12-17-9-11(16)21-12;1-11(2)17-13(18)19-15-6-3-14(4-7-15,5-8-15)12-16-9-10-20-12;1-2;1-2-3/h9-10H,3-8H2,1-2H3,(H,18,19);9-11H,3-8H2,1-2H3,(H,17,18);1H3;3H/i;;1D;. The van der Waals surface area contributed by atoms with Gasteiger partial charge in [0, 0.05) is 34.5 Å². The van der Waals surface area contributed by atoms with Gasteiger partial charge in [0.25, 0.3) is 0 Å². The van der Waals surface area contributed by atoms with Crippen molar-refractivity contribution in [3.63, 3.8) is 0 Å². The molecule has 0 unspecified atom stereocenters. The average molecular weight is 761 g/mol. The van der Waals surface area contributed by atoms with Crippen molar-refractivity contribution in [1.82, 2.24) is 20.6 Å². The Kier molecular flexibility index (Phi) is 13.9. The zero-order valence-electron chi connectivity index (χ0n) is 28.2. The first-order chi connectivity index (χ1) is 22.3. The van der Waals surface area contributed by atoms with Crippen LogP contribution in [0.5, 0.6) is 0 Å². The van der Waals surface area contributed by atoms with Crippen molar-refractivity contribution in [1.29, 1.82) is 0 Å². The van der Waals surface area contributed by atoms with Gasteiger partial charge in [-0.1, -0.05) is 0 Å². The number of ether oxygens (including phenoxy) is 2. The van der Waals surface area contributed by atoms with Crippen molar-refractivity contribution < 1.29 is 24.8 Å². The van der Waals surface area contributed by atoms with Crippen LogP contribution >= 0.6 is 51.4 Å². The number of amides is 2. The van der Waals surface area contributed by atoms with Crippen LogP contribution in [0.25, 0.3) is 0 Å². The van der Waals surface area contributed by atoms with Gasteiger partial charge in [-0.25, -0.2) is 19.6 Å². The first kappa shape index (κ1) is 37.2. The molecule has 46 heavy (non-hydrogen) atoms.